The highest BCUT2D eigenvalue weighted by molar-refractivity contribution is 9.11. The van der Waals surface area contributed by atoms with E-state index >= 15 is 0 Å². The second-order valence-electron chi connectivity index (χ2n) is 6.24. The lowest BCUT2D eigenvalue weighted by molar-refractivity contribution is 0.471. The average Bonchev–Trinajstić information content (AvgIpc) is 2.43. The molecule has 116 valence electrons. The molecule has 0 radical (unpaired) electrons. The summed E-state index contributed by atoms with van der Waals surface area (Å²) in [5.74, 6) is 0.204. The molecule has 1 N–H and O–H groups in total. The number of halogens is 2. The molecule has 4 heteroatoms. The zero-order chi connectivity index (χ0) is 16.3. The standard InChI is InChI=1S/C18H19Br2NO/c1-18(2,3)14-6-4-12(5-7-14)10-21-11-13-8-15(19)9-16(20)17(13)22/h4-9,11,22H,10H2,1-3H3. The fraction of sp³-hybridized carbons (Fsp3) is 0.278. The molecule has 0 aromatic heterocycles. The Balaban J connectivity index is 2.10. The summed E-state index contributed by atoms with van der Waals surface area (Å²) in [6.07, 6.45) is 1.70. The van der Waals surface area contributed by atoms with Gasteiger partial charge in [-0.1, -0.05) is 61.0 Å². The minimum absolute atomic E-state index is 0.163. The van der Waals surface area contributed by atoms with Gasteiger partial charge in [0.1, 0.15) is 5.75 Å². The molecule has 0 saturated carbocycles. The van der Waals surface area contributed by atoms with E-state index in [0.717, 1.165) is 10.0 Å². The molecule has 2 aromatic rings. The second-order valence-corrected chi connectivity index (χ2v) is 8.01. The van der Waals surface area contributed by atoms with Crippen molar-refractivity contribution in [3.63, 3.8) is 0 Å². The van der Waals surface area contributed by atoms with Crippen molar-refractivity contribution in [2.75, 3.05) is 0 Å². The van der Waals surface area contributed by atoms with Crippen LogP contribution in [0.25, 0.3) is 0 Å². The highest BCUT2D eigenvalue weighted by Gasteiger charge is 2.12. The summed E-state index contributed by atoms with van der Waals surface area (Å²) in [5, 5.41) is 9.99. The highest BCUT2D eigenvalue weighted by Crippen LogP contribution is 2.30. The summed E-state index contributed by atoms with van der Waals surface area (Å²) in [6.45, 7) is 7.20. The van der Waals surface area contributed by atoms with Gasteiger partial charge in [-0.2, -0.15) is 0 Å². The Morgan fingerprint density at radius 3 is 2.32 bits per heavy atom. The number of phenolic OH excluding ortho intramolecular Hbond substituents is 1. The molecule has 0 saturated heterocycles. The largest absolute Gasteiger partial charge is 0.506 e. The minimum atomic E-state index is 0.163. The van der Waals surface area contributed by atoms with Gasteiger partial charge in [0.25, 0.3) is 0 Å². The molecule has 22 heavy (non-hydrogen) atoms. The molecule has 0 bridgehead atoms. The normalized spacial score (nSPS) is 12.0. The number of phenols is 1. The molecule has 0 aliphatic carbocycles. The maximum absolute atomic E-state index is 9.99. The molecule has 0 spiro atoms. The van der Waals surface area contributed by atoms with Gasteiger partial charge < -0.3 is 5.11 Å². The van der Waals surface area contributed by atoms with E-state index in [2.05, 4.69) is 81.9 Å². The first kappa shape index (κ1) is 17.2. The summed E-state index contributed by atoms with van der Waals surface area (Å²) in [7, 11) is 0. The molecule has 2 nitrogen and oxygen atoms in total. The van der Waals surface area contributed by atoms with Gasteiger partial charge in [0, 0.05) is 16.3 Å². The van der Waals surface area contributed by atoms with E-state index in [1.54, 1.807) is 12.3 Å². The molecular formula is C18H19Br2NO. The maximum atomic E-state index is 9.99. The number of hydrogen-bond donors (Lipinski definition) is 1. The number of aromatic hydroxyl groups is 1. The third-order valence-electron chi connectivity index (χ3n) is 3.38. The molecular weight excluding hydrogens is 406 g/mol. The van der Waals surface area contributed by atoms with Crippen LogP contribution in [-0.2, 0) is 12.0 Å². The Morgan fingerprint density at radius 1 is 1.09 bits per heavy atom. The number of hydrogen-bond acceptors (Lipinski definition) is 2. The second kappa shape index (κ2) is 6.97. The maximum Gasteiger partial charge on any atom is 0.138 e. The predicted molar refractivity (Wildman–Crippen MR) is 99.9 cm³/mol. The predicted octanol–water partition coefficient (Wildman–Crippen LogP) is 5.83. The lowest BCUT2D eigenvalue weighted by atomic mass is 9.87. The molecule has 0 amide bonds. The SMILES string of the molecule is CC(C)(C)c1ccc(CN=Cc2cc(Br)cc(Br)c2O)cc1. The number of benzene rings is 2. The summed E-state index contributed by atoms with van der Waals surface area (Å²) in [6, 6.07) is 12.2. The fourth-order valence-corrected chi connectivity index (χ4v) is 3.30. The quantitative estimate of drug-likeness (QED) is 0.617. The average molecular weight is 425 g/mol. The van der Waals surface area contributed by atoms with Crippen molar-refractivity contribution in [2.24, 2.45) is 4.99 Å². The first-order valence-corrected chi connectivity index (χ1v) is 8.63. The first-order chi connectivity index (χ1) is 10.3. The van der Waals surface area contributed by atoms with E-state index in [0.29, 0.717) is 16.6 Å². The molecule has 0 unspecified atom stereocenters. The molecule has 2 aromatic carbocycles. The topological polar surface area (TPSA) is 32.6 Å². The van der Waals surface area contributed by atoms with Crippen LogP contribution in [0.1, 0.15) is 37.5 Å². The van der Waals surface area contributed by atoms with Crippen molar-refractivity contribution in [3.05, 3.63) is 62.0 Å². The third-order valence-corrected chi connectivity index (χ3v) is 4.44. The van der Waals surface area contributed by atoms with Crippen LogP contribution in [-0.4, -0.2) is 11.3 Å². The van der Waals surface area contributed by atoms with E-state index < -0.39 is 0 Å². The van der Waals surface area contributed by atoms with E-state index in [4.69, 9.17) is 0 Å². The third kappa shape index (κ3) is 4.43. The molecule has 0 aliphatic rings. The van der Waals surface area contributed by atoms with Crippen LogP contribution in [0.5, 0.6) is 5.75 Å². The Hall–Kier alpha value is -1.13. The van der Waals surface area contributed by atoms with Crippen molar-refractivity contribution < 1.29 is 5.11 Å². The van der Waals surface area contributed by atoms with Crippen LogP contribution in [0.2, 0.25) is 0 Å². The van der Waals surface area contributed by atoms with Crippen LogP contribution < -0.4 is 0 Å². The Morgan fingerprint density at radius 2 is 1.73 bits per heavy atom. The van der Waals surface area contributed by atoms with Gasteiger partial charge in [-0.25, -0.2) is 0 Å². The van der Waals surface area contributed by atoms with Gasteiger partial charge in [0.05, 0.1) is 11.0 Å². The minimum Gasteiger partial charge on any atom is -0.506 e. The van der Waals surface area contributed by atoms with Crippen molar-refractivity contribution in [1.82, 2.24) is 0 Å². The first-order valence-electron chi connectivity index (χ1n) is 7.04. The van der Waals surface area contributed by atoms with E-state index in [-0.39, 0.29) is 11.2 Å². The van der Waals surface area contributed by atoms with Crippen LogP contribution in [0.3, 0.4) is 0 Å². The molecule has 0 heterocycles. The van der Waals surface area contributed by atoms with Crippen LogP contribution in [0, 0.1) is 0 Å². The van der Waals surface area contributed by atoms with Gasteiger partial charge in [0.15, 0.2) is 0 Å². The molecule has 2 rings (SSSR count). The zero-order valence-electron chi connectivity index (χ0n) is 12.9. The molecule has 0 atom stereocenters. The van der Waals surface area contributed by atoms with E-state index in [1.807, 2.05) is 6.07 Å². The highest BCUT2D eigenvalue weighted by atomic mass is 79.9. The Bertz CT molecular complexity index is 685. The van der Waals surface area contributed by atoms with Gasteiger partial charge in [-0.15, -0.1) is 0 Å². The zero-order valence-corrected chi connectivity index (χ0v) is 16.1. The number of aliphatic imine (C=N–C) groups is 1. The number of nitrogens with zero attached hydrogens (tertiary/aromatic N) is 1. The molecule has 0 fully saturated rings. The van der Waals surface area contributed by atoms with Crippen molar-refractivity contribution >= 4 is 38.1 Å². The monoisotopic (exact) mass is 423 g/mol. The van der Waals surface area contributed by atoms with Crippen molar-refractivity contribution in [1.29, 1.82) is 0 Å². The van der Waals surface area contributed by atoms with Gasteiger partial charge >= 0.3 is 0 Å². The van der Waals surface area contributed by atoms with Crippen LogP contribution in [0.4, 0.5) is 0 Å². The summed E-state index contributed by atoms with van der Waals surface area (Å²) < 4.78 is 1.55. The van der Waals surface area contributed by atoms with E-state index in [9.17, 15) is 5.11 Å². The van der Waals surface area contributed by atoms with Crippen molar-refractivity contribution in [2.45, 2.75) is 32.7 Å². The summed E-state index contributed by atoms with van der Waals surface area (Å²) >= 11 is 6.73. The lowest BCUT2D eigenvalue weighted by Gasteiger charge is -2.18. The van der Waals surface area contributed by atoms with Crippen LogP contribution in [0.15, 0.2) is 50.3 Å². The Kier molecular flexibility index (Phi) is 5.45. The van der Waals surface area contributed by atoms with Gasteiger partial charge in [0.2, 0.25) is 0 Å². The van der Waals surface area contributed by atoms with Gasteiger partial charge in [-0.3, -0.25) is 4.99 Å². The fourth-order valence-electron chi connectivity index (χ4n) is 2.04. The smallest absolute Gasteiger partial charge is 0.138 e. The van der Waals surface area contributed by atoms with E-state index in [1.165, 1.54) is 5.56 Å². The van der Waals surface area contributed by atoms with Crippen LogP contribution >= 0.6 is 31.9 Å². The lowest BCUT2D eigenvalue weighted by Crippen LogP contribution is -2.10. The molecule has 0 aliphatic heterocycles. The van der Waals surface area contributed by atoms with Gasteiger partial charge in [-0.05, 0) is 44.6 Å². The summed E-state index contributed by atoms with van der Waals surface area (Å²) in [4.78, 5) is 4.42. The Labute approximate surface area is 148 Å². The summed E-state index contributed by atoms with van der Waals surface area (Å²) in [5.41, 5.74) is 3.31. The number of rotatable bonds is 3. The van der Waals surface area contributed by atoms with Crippen molar-refractivity contribution in [3.8, 4) is 5.75 Å².